The highest BCUT2D eigenvalue weighted by Crippen LogP contribution is 2.46. The van der Waals surface area contributed by atoms with Gasteiger partial charge in [-0.25, -0.2) is 4.79 Å². The first kappa shape index (κ1) is 16.1. The van der Waals surface area contributed by atoms with Gasteiger partial charge in [0, 0.05) is 12.0 Å². The van der Waals surface area contributed by atoms with Gasteiger partial charge in [-0.3, -0.25) is 4.79 Å². The molecular formula is C14H16F3N3O2. The van der Waals surface area contributed by atoms with Gasteiger partial charge in [0.25, 0.3) is 0 Å². The van der Waals surface area contributed by atoms with Crippen molar-refractivity contribution < 1.29 is 22.8 Å². The van der Waals surface area contributed by atoms with E-state index in [1.165, 1.54) is 19.1 Å². The number of carbonyl (C=O) groups is 2. The van der Waals surface area contributed by atoms with E-state index in [2.05, 4.69) is 10.6 Å². The van der Waals surface area contributed by atoms with Gasteiger partial charge in [-0.2, -0.15) is 13.2 Å². The standard InChI is InChI=1S/C14H16F3N3O2/c1-7(19-13(18)22)12(21)20-11-6-9(11)8-4-2-3-5-10(8)14(15,16)17/h2-5,7,9,11H,6H2,1H3,(H,20,21)(H3,18,19,22). The molecule has 8 heteroatoms. The molecule has 0 aliphatic heterocycles. The predicted octanol–water partition coefficient (Wildman–Crippen LogP) is 1.73. The molecule has 5 nitrogen and oxygen atoms in total. The summed E-state index contributed by atoms with van der Waals surface area (Å²) in [6.07, 6.45) is -3.99. The maximum Gasteiger partial charge on any atom is 0.416 e. The van der Waals surface area contributed by atoms with E-state index in [-0.39, 0.29) is 17.5 Å². The van der Waals surface area contributed by atoms with Gasteiger partial charge in [0.2, 0.25) is 5.91 Å². The van der Waals surface area contributed by atoms with E-state index in [1.54, 1.807) is 6.07 Å². The molecule has 2 rings (SSSR count). The topological polar surface area (TPSA) is 84.2 Å². The van der Waals surface area contributed by atoms with Crippen LogP contribution >= 0.6 is 0 Å². The first-order valence-corrected chi connectivity index (χ1v) is 6.72. The lowest BCUT2D eigenvalue weighted by atomic mass is 10.0. The quantitative estimate of drug-likeness (QED) is 0.790. The van der Waals surface area contributed by atoms with E-state index in [4.69, 9.17) is 5.73 Å². The molecule has 4 N–H and O–H groups in total. The van der Waals surface area contributed by atoms with E-state index < -0.39 is 29.7 Å². The van der Waals surface area contributed by atoms with Crippen LogP contribution in [-0.4, -0.2) is 24.0 Å². The summed E-state index contributed by atoms with van der Waals surface area (Å²) < 4.78 is 38.8. The summed E-state index contributed by atoms with van der Waals surface area (Å²) in [7, 11) is 0. The summed E-state index contributed by atoms with van der Waals surface area (Å²) >= 11 is 0. The number of benzene rings is 1. The smallest absolute Gasteiger partial charge is 0.352 e. The van der Waals surface area contributed by atoms with Crippen molar-refractivity contribution in [3.8, 4) is 0 Å². The van der Waals surface area contributed by atoms with E-state index in [9.17, 15) is 22.8 Å². The van der Waals surface area contributed by atoms with Crippen LogP contribution in [0.1, 0.15) is 30.4 Å². The highest BCUT2D eigenvalue weighted by atomic mass is 19.4. The minimum absolute atomic E-state index is 0.177. The SMILES string of the molecule is CC(NC(N)=O)C(=O)NC1CC1c1ccccc1C(F)(F)F. The minimum atomic E-state index is -4.42. The maximum absolute atomic E-state index is 12.9. The Kier molecular flexibility index (Phi) is 4.30. The van der Waals surface area contributed by atoms with Gasteiger partial charge in [-0.05, 0) is 25.0 Å². The molecule has 22 heavy (non-hydrogen) atoms. The molecule has 3 unspecified atom stereocenters. The molecule has 3 atom stereocenters. The van der Waals surface area contributed by atoms with Crippen LogP contribution in [0.4, 0.5) is 18.0 Å². The maximum atomic E-state index is 12.9. The fourth-order valence-corrected chi connectivity index (χ4v) is 2.36. The normalized spacial score (nSPS) is 21.8. The fraction of sp³-hybridized carbons (Fsp3) is 0.429. The second-order valence-corrected chi connectivity index (χ2v) is 5.27. The zero-order valence-corrected chi connectivity index (χ0v) is 11.8. The van der Waals surface area contributed by atoms with Crippen LogP contribution in [-0.2, 0) is 11.0 Å². The molecule has 1 aliphatic carbocycles. The largest absolute Gasteiger partial charge is 0.416 e. The van der Waals surface area contributed by atoms with Crippen molar-refractivity contribution in [1.82, 2.24) is 10.6 Å². The van der Waals surface area contributed by atoms with E-state index in [0.717, 1.165) is 6.07 Å². The van der Waals surface area contributed by atoms with Gasteiger partial charge in [0.05, 0.1) is 5.56 Å². The number of primary amides is 1. The Labute approximate surface area is 125 Å². The molecule has 1 fully saturated rings. The van der Waals surface area contributed by atoms with Crippen molar-refractivity contribution in [2.75, 3.05) is 0 Å². The van der Waals surface area contributed by atoms with Crippen molar-refractivity contribution in [3.05, 3.63) is 35.4 Å². The molecule has 0 radical (unpaired) electrons. The number of hydrogen-bond donors (Lipinski definition) is 3. The number of carbonyl (C=O) groups excluding carboxylic acids is 2. The molecule has 0 bridgehead atoms. The Balaban J connectivity index is 2.02. The number of nitrogens with two attached hydrogens (primary N) is 1. The van der Waals surface area contributed by atoms with Crippen molar-refractivity contribution in [1.29, 1.82) is 0 Å². The molecule has 1 aromatic rings. The Hall–Kier alpha value is -2.25. The number of rotatable bonds is 4. The van der Waals surface area contributed by atoms with Crippen LogP contribution in [0.5, 0.6) is 0 Å². The summed E-state index contributed by atoms with van der Waals surface area (Å²) in [5.41, 5.74) is 4.40. The second kappa shape index (κ2) is 5.86. The number of urea groups is 1. The molecule has 0 saturated heterocycles. The molecule has 3 amide bonds. The average Bonchev–Trinajstić information content (AvgIpc) is 3.16. The molecule has 1 aliphatic rings. The van der Waals surface area contributed by atoms with Gasteiger partial charge in [0.15, 0.2) is 0 Å². The monoisotopic (exact) mass is 315 g/mol. The molecule has 120 valence electrons. The molecule has 1 saturated carbocycles. The summed E-state index contributed by atoms with van der Waals surface area (Å²) in [6.45, 7) is 1.45. The first-order valence-electron chi connectivity index (χ1n) is 6.72. The van der Waals surface area contributed by atoms with E-state index >= 15 is 0 Å². The average molecular weight is 315 g/mol. The number of nitrogens with one attached hydrogen (secondary N) is 2. The first-order chi connectivity index (χ1) is 10.2. The Morgan fingerprint density at radius 2 is 1.95 bits per heavy atom. The summed E-state index contributed by atoms with van der Waals surface area (Å²) in [5.74, 6) is -0.849. The highest BCUT2D eigenvalue weighted by molar-refractivity contribution is 5.86. The van der Waals surface area contributed by atoms with Crippen LogP contribution in [0, 0.1) is 0 Å². The van der Waals surface area contributed by atoms with Gasteiger partial charge in [-0.1, -0.05) is 18.2 Å². The van der Waals surface area contributed by atoms with Crippen LogP contribution in [0.15, 0.2) is 24.3 Å². The lowest BCUT2D eigenvalue weighted by Gasteiger charge is -2.14. The second-order valence-electron chi connectivity index (χ2n) is 5.27. The van der Waals surface area contributed by atoms with E-state index in [0.29, 0.717) is 6.42 Å². The number of amides is 3. The summed E-state index contributed by atoms with van der Waals surface area (Å²) in [6, 6.07) is 3.29. The van der Waals surface area contributed by atoms with E-state index in [1.807, 2.05) is 0 Å². The summed E-state index contributed by atoms with van der Waals surface area (Å²) in [5, 5.41) is 4.82. The Bertz CT molecular complexity index is 589. The fourth-order valence-electron chi connectivity index (χ4n) is 2.36. The van der Waals surface area contributed by atoms with Crippen molar-refractivity contribution >= 4 is 11.9 Å². The molecular weight excluding hydrogens is 299 g/mol. The van der Waals surface area contributed by atoms with Gasteiger partial charge in [0.1, 0.15) is 6.04 Å². The van der Waals surface area contributed by atoms with Crippen molar-refractivity contribution in [2.24, 2.45) is 5.73 Å². The number of hydrogen-bond acceptors (Lipinski definition) is 2. The van der Waals surface area contributed by atoms with Gasteiger partial charge < -0.3 is 16.4 Å². The van der Waals surface area contributed by atoms with Crippen LogP contribution in [0.3, 0.4) is 0 Å². The zero-order valence-electron chi connectivity index (χ0n) is 11.8. The third-order valence-corrected chi connectivity index (χ3v) is 3.54. The number of halogens is 3. The third-order valence-electron chi connectivity index (χ3n) is 3.54. The zero-order chi connectivity index (χ0) is 16.5. The van der Waals surface area contributed by atoms with Crippen LogP contribution in [0.2, 0.25) is 0 Å². The van der Waals surface area contributed by atoms with Crippen LogP contribution in [0.25, 0.3) is 0 Å². The van der Waals surface area contributed by atoms with Crippen molar-refractivity contribution in [3.63, 3.8) is 0 Å². The predicted molar refractivity (Wildman–Crippen MR) is 72.9 cm³/mol. The molecule has 0 heterocycles. The van der Waals surface area contributed by atoms with Gasteiger partial charge in [-0.15, -0.1) is 0 Å². The third kappa shape index (κ3) is 3.69. The Morgan fingerprint density at radius 3 is 2.55 bits per heavy atom. The van der Waals surface area contributed by atoms with Crippen molar-refractivity contribution in [2.45, 2.75) is 37.5 Å². The molecule has 0 aromatic heterocycles. The Morgan fingerprint density at radius 1 is 1.32 bits per heavy atom. The minimum Gasteiger partial charge on any atom is -0.352 e. The molecule has 0 spiro atoms. The highest BCUT2D eigenvalue weighted by Gasteiger charge is 2.45. The number of alkyl halides is 3. The lowest BCUT2D eigenvalue weighted by molar-refractivity contribution is -0.138. The summed E-state index contributed by atoms with van der Waals surface area (Å²) in [4.78, 5) is 22.4. The molecule has 1 aromatic carbocycles. The lowest BCUT2D eigenvalue weighted by Crippen LogP contribution is -2.47. The van der Waals surface area contributed by atoms with Crippen LogP contribution < -0.4 is 16.4 Å². The van der Waals surface area contributed by atoms with Gasteiger partial charge >= 0.3 is 12.2 Å².